The summed E-state index contributed by atoms with van der Waals surface area (Å²) in [6.45, 7) is 0. The maximum absolute atomic E-state index is 9.78. The van der Waals surface area contributed by atoms with Crippen LogP contribution in [0.2, 0.25) is 0 Å². The summed E-state index contributed by atoms with van der Waals surface area (Å²) >= 11 is 0. The van der Waals surface area contributed by atoms with Crippen LogP contribution in [0.15, 0.2) is 0 Å². The van der Waals surface area contributed by atoms with Gasteiger partial charge in [0.15, 0.2) is 0 Å². The number of carboxylic acids is 1. The van der Waals surface area contributed by atoms with Crippen molar-refractivity contribution in [2.75, 3.05) is 5.75 Å². The second-order valence-corrected chi connectivity index (χ2v) is 8.50. The van der Waals surface area contributed by atoms with Crippen LogP contribution < -0.4 is 0 Å². The summed E-state index contributed by atoms with van der Waals surface area (Å²) in [7, 11) is 13.1. The second-order valence-electron chi connectivity index (χ2n) is 1.04. The summed E-state index contributed by atoms with van der Waals surface area (Å²) in [5, 5.41) is 8.02. The van der Waals surface area contributed by atoms with Gasteiger partial charge in [0, 0.05) is 7.67 Å². The number of hydrogen-bond donors (Lipinski definition) is 1. The van der Waals surface area contributed by atoms with Gasteiger partial charge in [-0.2, -0.15) is 0 Å². The van der Waals surface area contributed by atoms with E-state index in [2.05, 4.69) is 0 Å². The van der Waals surface area contributed by atoms with Crippen LogP contribution in [-0.4, -0.2) is 16.8 Å². The number of aliphatic carboxylic acids is 1. The van der Waals surface area contributed by atoms with E-state index in [1.165, 1.54) is 0 Å². The molecule has 0 bridgehead atoms. The average Bonchev–Trinajstić information content (AvgIpc) is 1.21. The molecule has 8 heavy (non-hydrogen) atoms. The van der Waals surface area contributed by atoms with Crippen LogP contribution in [0.1, 0.15) is 0 Å². The lowest BCUT2D eigenvalue weighted by Gasteiger charge is -2.09. The second kappa shape index (κ2) is 3.01. The first-order valence-corrected chi connectivity index (χ1v) is 5.81. The fourth-order valence-electron chi connectivity index (χ4n) is 0.140. The molecule has 0 saturated heterocycles. The first-order chi connectivity index (χ1) is 3.42. The SMILES string of the molecule is O=C(O)CS(Cl)(Cl)Cl. The summed E-state index contributed by atoms with van der Waals surface area (Å²) in [6, 6.07) is 0. The zero-order valence-corrected chi connectivity index (χ0v) is 6.69. The molecule has 0 aromatic rings. The zero-order chi connectivity index (χ0) is 6.78. The van der Waals surface area contributed by atoms with Gasteiger partial charge in [-0.15, -0.1) is 0 Å². The van der Waals surface area contributed by atoms with Crippen LogP contribution in [0, 0.1) is 0 Å². The van der Waals surface area contributed by atoms with Crippen LogP contribution in [0.25, 0.3) is 0 Å². The molecule has 0 aromatic carbocycles. The fraction of sp³-hybridized carbons (Fsp3) is 0.500. The van der Waals surface area contributed by atoms with Crippen molar-refractivity contribution in [3.63, 3.8) is 0 Å². The number of rotatable bonds is 2. The van der Waals surface area contributed by atoms with Crippen LogP contribution in [0.3, 0.4) is 0 Å². The highest BCUT2D eigenvalue weighted by molar-refractivity contribution is 8.79. The van der Waals surface area contributed by atoms with Crippen molar-refractivity contribution >= 4 is 45.7 Å². The van der Waals surface area contributed by atoms with Crippen molar-refractivity contribution in [3.05, 3.63) is 0 Å². The molecule has 0 rings (SSSR count). The molecular weight excluding hydrogens is 194 g/mol. The number of carbonyl (C=O) groups is 1. The molecule has 0 aromatic heterocycles. The molecule has 0 atom stereocenters. The predicted molar refractivity (Wildman–Crippen MR) is 37.7 cm³/mol. The third kappa shape index (κ3) is 6.69. The summed E-state index contributed by atoms with van der Waals surface area (Å²) in [6.07, 6.45) is 0. The molecule has 0 saturated carbocycles. The molecule has 2 nitrogen and oxygen atoms in total. The third-order valence-corrected chi connectivity index (χ3v) is 1.84. The fourth-order valence-corrected chi connectivity index (χ4v) is 1.26. The van der Waals surface area contributed by atoms with Gasteiger partial charge in [0.1, 0.15) is 5.75 Å². The predicted octanol–water partition coefficient (Wildman–Crippen LogP) is 2.34. The highest BCUT2D eigenvalue weighted by Crippen LogP contribution is 2.62. The van der Waals surface area contributed by atoms with E-state index in [4.69, 9.17) is 37.2 Å². The van der Waals surface area contributed by atoms with Gasteiger partial charge in [-0.3, -0.25) is 4.79 Å². The lowest BCUT2D eigenvalue weighted by molar-refractivity contribution is -0.133. The van der Waals surface area contributed by atoms with Gasteiger partial charge in [-0.25, -0.2) is 0 Å². The Labute approximate surface area is 61.5 Å². The molecule has 0 aliphatic carbocycles. The molecule has 0 spiro atoms. The molecular formula is C2H3Cl3O2S. The van der Waals surface area contributed by atoms with Gasteiger partial charge in [0.25, 0.3) is 0 Å². The van der Waals surface area contributed by atoms with E-state index in [0.717, 1.165) is 0 Å². The molecule has 1 N–H and O–H groups in total. The Morgan fingerprint density at radius 3 is 1.88 bits per heavy atom. The Bertz CT molecular complexity index is 97.9. The van der Waals surface area contributed by atoms with Crippen molar-refractivity contribution < 1.29 is 9.90 Å². The minimum absolute atomic E-state index is 0.377. The van der Waals surface area contributed by atoms with E-state index >= 15 is 0 Å². The van der Waals surface area contributed by atoms with Gasteiger partial charge < -0.3 is 5.11 Å². The topological polar surface area (TPSA) is 37.3 Å². The highest BCUT2D eigenvalue weighted by Gasteiger charge is 2.17. The van der Waals surface area contributed by atoms with Gasteiger partial charge in [-0.05, 0) is 32.0 Å². The van der Waals surface area contributed by atoms with Crippen LogP contribution in [-0.2, 0) is 4.79 Å². The summed E-state index contributed by atoms with van der Waals surface area (Å²) < 4.78 is 0. The quantitative estimate of drug-likeness (QED) is 0.738. The number of hydrogen-bond acceptors (Lipinski definition) is 1. The van der Waals surface area contributed by atoms with Gasteiger partial charge >= 0.3 is 5.97 Å². The number of carboxylic acid groups (broad SMARTS) is 1. The number of halogens is 3. The molecule has 0 amide bonds. The standard InChI is InChI=1S/C2H3Cl3O2S/c3-8(4,5)1-2(6)7/h1H2,(H,6,7). The van der Waals surface area contributed by atoms with E-state index in [1.54, 1.807) is 0 Å². The average molecular weight is 197 g/mol. The van der Waals surface area contributed by atoms with Gasteiger partial charge in [0.2, 0.25) is 0 Å². The maximum Gasteiger partial charge on any atom is 0.315 e. The minimum atomic E-state index is -2.41. The molecule has 50 valence electrons. The molecule has 0 unspecified atom stereocenters. The van der Waals surface area contributed by atoms with Crippen molar-refractivity contribution in [1.82, 2.24) is 0 Å². The van der Waals surface area contributed by atoms with Crippen molar-refractivity contribution in [2.24, 2.45) is 0 Å². The molecule has 6 heteroatoms. The maximum atomic E-state index is 9.78. The lowest BCUT2D eigenvalue weighted by Crippen LogP contribution is -2.00. The van der Waals surface area contributed by atoms with E-state index in [-0.39, 0.29) is 5.75 Å². The van der Waals surface area contributed by atoms with E-state index in [1.807, 2.05) is 0 Å². The van der Waals surface area contributed by atoms with Crippen molar-refractivity contribution in [3.8, 4) is 0 Å². The Kier molecular flexibility index (Phi) is 3.27. The Morgan fingerprint density at radius 2 is 1.88 bits per heavy atom. The highest BCUT2D eigenvalue weighted by atomic mass is 36.2. The Balaban J connectivity index is 3.55. The lowest BCUT2D eigenvalue weighted by atomic mass is 10.8. The van der Waals surface area contributed by atoms with Crippen LogP contribution in [0.5, 0.6) is 0 Å². The van der Waals surface area contributed by atoms with Crippen molar-refractivity contribution in [1.29, 1.82) is 0 Å². The third-order valence-electron chi connectivity index (χ3n) is 0.287. The van der Waals surface area contributed by atoms with E-state index < -0.39 is 13.6 Å². The smallest absolute Gasteiger partial charge is 0.315 e. The van der Waals surface area contributed by atoms with Gasteiger partial charge in [0.05, 0.1) is 0 Å². The molecule has 0 heterocycles. The minimum Gasteiger partial charge on any atom is -0.481 e. The first-order valence-electron chi connectivity index (χ1n) is 1.53. The molecule has 0 aliphatic rings. The normalized spacial score (nSPS) is 13.4. The first kappa shape index (κ1) is 8.69. The largest absolute Gasteiger partial charge is 0.481 e. The van der Waals surface area contributed by atoms with Crippen LogP contribution >= 0.6 is 39.7 Å². The summed E-state index contributed by atoms with van der Waals surface area (Å²) in [5.74, 6) is -1.46. The van der Waals surface area contributed by atoms with Gasteiger partial charge in [-0.1, -0.05) is 0 Å². The molecule has 0 aliphatic heterocycles. The molecule has 0 radical (unpaired) electrons. The van der Waals surface area contributed by atoms with Crippen LogP contribution in [0.4, 0.5) is 0 Å². The monoisotopic (exact) mass is 196 g/mol. The Morgan fingerprint density at radius 1 is 1.50 bits per heavy atom. The Hall–Kier alpha value is 0.690. The van der Waals surface area contributed by atoms with E-state index in [0.29, 0.717) is 0 Å². The zero-order valence-electron chi connectivity index (χ0n) is 3.60. The van der Waals surface area contributed by atoms with Crippen molar-refractivity contribution in [2.45, 2.75) is 0 Å². The molecule has 0 fully saturated rings. The van der Waals surface area contributed by atoms with E-state index in [9.17, 15) is 4.79 Å². The summed E-state index contributed by atoms with van der Waals surface area (Å²) in [5.41, 5.74) is 0. The summed E-state index contributed by atoms with van der Waals surface area (Å²) in [4.78, 5) is 9.78.